The van der Waals surface area contributed by atoms with Crippen LogP contribution in [-0.2, 0) is 0 Å². The van der Waals surface area contributed by atoms with Crippen molar-refractivity contribution in [2.24, 2.45) is 0 Å². The number of allylic oxidation sites excluding steroid dienone is 2. The Morgan fingerprint density at radius 3 is 2.62 bits per heavy atom. The summed E-state index contributed by atoms with van der Waals surface area (Å²) < 4.78 is 2.16. The van der Waals surface area contributed by atoms with Crippen LogP contribution in [0.5, 0.6) is 0 Å². The molecule has 1 heterocycles. The van der Waals surface area contributed by atoms with Crippen LogP contribution in [0.2, 0.25) is 0 Å². The zero-order valence-corrected chi connectivity index (χ0v) is 7.29. The van der Waals surface area contributed by atoms with Crippen LogP contribution in [-0.4, -0.2) is 6.54 Å². The summed E-state index contributed by atoms with van der Waals surface area (Å²) in [4.78, 5) is 0. The summed E-state index contributed by atoms with van der Waals surface area (Å²) >= 11 is 6.65. The highest BCUT2D eigenvalue weighted by atomic mass is 79.9. The zero-order chi connectivity index (χ0) is 5.98. The van der Waals surface area contributed by atoms with Crippen LogP contribution in [0.15, 0.2) is 21.2 Å². The van der Waals surface area contributed by atoms with Crippen LogP contribution in [0.3, 0.4) is 0 Å². The molecule has 1 nitrogen and oxygen atoms in total. The number of halogens is 2. The second kappa shape index (κ2) is 2.69. The molecule has 3 heteroatoms. The highest BCUT2D eigenvalue weighted by molar-refractivity contribution is 9.12. The molecular weight excluding hydrogens is 234 g/mol. The van der Waals surface area contributed by atoms with Crippen molar-refractivity contribution in [1.29, 1.82) is 0 Å². The molecule has 0 saturated heterocycles. The molecule has 0 amide bonds. The van der Waals surface area contributed by atoms with Crippen molar-refractivity contribution in [3.05, 3.63) is 21.2 Å². The minimum Gasteiger partial charge on any atom is -0.376 e. The molecule has 1 rings (SSSR count). The summed E-state index contributed by atoms with van der Waals surface area (Å²) in [6, 6.07) is 0. The lowest BCUT2D eigenvalue weighted by Gasteiger charge is -2.05. The molecule has 0 radical (unpaired) electrons. The Kier molecular flexibility index (Phi) is 2.14. The van der Waals surface area contributed by atoms with Gasteiger partial charge in [0.1, 0.15) is 0 Å². The van der Waals surface area contributed by atoms with Crippen molar-refractivity contribution in [2.45, 2.75) is 0 Å². The lowest BCUT2D eigenvalue weighted by molar-refractivity contribution is 0.957. The summed E-state index contributed by atoms with van der Waals surface area (Å²) in [6.45, 7) is 0.900. The van der Waals surface area contributed by atoms with E-state index in [1.165, 1.54) is 0 Å². The van der Waals surface area contributed by atoms with Gasteiger partial charge in [-0.2, -0.15) is 0 Å². The first-order valence-electron chi connectivity index (χ1n) is 2.26. The summed E-state index contributed by atoms with van der Waals surface area (Å²) in [6.07, 6.45) is 4.04. The van der Waals surface area contributed by atoms with E-state index in [9.17, 15) is 0 Å². The van der Waals surface area contributed by atoms with Gasteiger partial charge in [0.15, 0.2) is 0 Å². The first-order valence-corrected chi connectivity index (χ1v) is 3.84. The maximum atomic E-state index is 3.34. The average Bonchev–Trinajstić information content (AvgIpc) is 1.64. The molecule has 0 fully saturated rings. The Hall–Kier alpha value is 0.240. The van der Waals surface area contributed by atoms with Gasteiger partial charge in [-0.25, -0.2) is 0 Å². The van der Waals surface area contributed by atoms with Gasteiger partial charge >= 0.3 is 0 Å². The van der Waals surface area contributed by atoms with Crippen LogP contribution >= 0.6 is 31.9 Å². The molecular formula is C5H5Br2N. The zero-order valence-electron chi connectivity index (χ0n) is 4.12. The predicted molar refractivity (Wildman–Crippen MR) is 42.0 cm³/mol. The monoisotopic (exact) mass is 237 g/mol. The predicted octanol–water partition coefficient (Wildman–Crippen LogP) is 2.10. The minimum atomic E-state index is 0.900. The SMILES string of the molecule is BrC1=CCNC(Br)=C1. The Morgan fingerprint density at radius 2 is 2.25 bits per heavy atom. The van der Waals surface area contributed by atoms with E-state index in [0.717, 1.165) is 15.6 Å². The Labute approximate surface area is 65.1 Å². The Balaban J connectivity index is 2.69. The van der Waals surface area contributed by atoms with Gasteiger partial charge in [0.2, 0.25) is 0 Å². The molecule has 44 valence electrons. The van der Waals surface area contributed by atoms with Crippen molar-refractivity contribution < 1.29 is 0 Å². The van der Waals surface area contributed by atoms with Gasteiger partial charge in [-0.1, -0.05) is 22.0 Å². The van der Waals surface area contributed by atoms with Crippen molar-refractivity contribution in [3.8, 4) is 0 Å². The second-order valence-corrected chi connectivity index (χ2v) is 3.23. The maximum Gasteiger partial charge on any atom is 0.0793 e. The second-order valence-electron chi connectivity index (χ2n) is 1.46. The van der Waals surface area contributed by atoms with E-state index < -0.39 is 0 Å². The number of hydrogen-bond donors (Lipinski definition) is 1. The normalized spacial score (nSPS) is 18.8. The number of dihydropyridines is 1. The number of hydrogen-bond acceptors (Lipinski definition) is 1. The largest absolute Gasteiger partial charge is 0.376 e. The van der Waals surface area contributed by atoms with Crippen molar-refractivity contribution >= 4 is 31.9 Å². The lowest BCUT2D eigenvalue weighted by Crippen LogP contribution is -2.11. The van der Waals surface area contributed by atoms with E-state index in [4.69, 9.17) is 0 Å². The summed E-state index contributed by atoms with van der Waals surface area (Å²) in [5, 5.41) is 3.08. The van der Waals surface area contributed by atoms with Crippen LogP contribution in [0.1, 0.15) is 0 Å². The molecule has 0 saturated carbocycles. The number of nitrogens with one attached hydrogen (secondary N) is 1. The van der Waals surface area contributed by atoms with E-state index >= 15 is 0 Å². The van der Waals surface area contributed by atoms with E-state index in [2.05, 4.69) is 43.3 Å². The molecule has 0 aliphatic carbocycles. The molecule has 0 atom stereocenters. The first kappa shape index (κ1) is 6.36. The summed E-state index contributed by atoms with van der Waals surface area (Å²) in [5.74, 6) is 0. The standard InChI is InChI=1S/C5H5Br2N/c6-4-1-2-8-5(7)3-4/h1,3,8H,2H2. The van der Waals surface area contributed by atoms with Crippen LogP contribution in [0.25, 0.3) is 0 Å². The van der Waals surface area contributed by atoms with Crippen molar-refractivity contribution in [3.63, 3.8) is 0 Å². The lowest BCUT2D eigenvalue weighted by atomic mass is 10.4. The van der Waals surface area contributed by atoms with E-state index in [1.54, 1.807) is 0 Å². The Bertz CT molecular complexity index is 149. The summed E-state index contributed by atoms with van der Waals surface area (Å²) in [7, 11) is 0. The molecule has 1 aliphatic rings. The van der Waals surface area contributed by atoms with Crippen LogP contribution < -0.4 is 5.32 Å². The van der Waals surface area contributed by atoms with Gasteiger partial charge in [-0.3, -0.25) is 0 Å². The molecule has 0 aromatic heterocycles. The third-order valence-corrected chi connectivity index (χ3v) is 1.89. The Morgan fingerprint density at radius 1 is 1.50 bits per heavy atom. The van der Waals surface area contributed by atoms with Gasteiger partial charge < -0.3 is 5.32 Å². The van der Waals surface area contributed by atoms with Crippen LogP contribution in [0, 0.1) is 0 Å². The molecule has 0 aromatic rings. The van der Waals surface area contributed by atoms with Crippen molar-refractivity contribution in [1.82, 2.24) is 5.32 Å². The van der Waals surface area contributed by atoms with Gasteiger partial charge in [-0.15, -0.1) is 0 Å². The van der Waals surface area contributed by atoms with E-state index in [-0.39, 0.29) is 0 Å². The van der Waals surface area contributed by atoms with Crippen LogP contribution in [0.4, 0.5) is 0 Å². The fourth-order valence-electron chi connectivity index (χ4n) is 0.477. The first-order chi connectivity index (χ1) is 3.79. The van der Waals surface area contributed by atoms with Gasteiger partial charge in [-0.05, 0) is 22.0 Å². The fourth-order valence-corrected chi connectivity index (χ4v) is 1.58. The number of rotatable bonds is 0. The summed E-state index contributed by atoms with van der Waals surface area (Å²) in [5.41, 5.74) is 0. The maximum absolute atomic E-state index is 3.34. The molecule has 8 heavy (non-hydrogen) atoms. The fraction of sp³-hybridized carbons (Fsp3) is 0.200. The topological polar surface area (TPSA) is 12.0 Å². The van der Waals surface area contributed by atoms with Gasteiger partial charge in [0.05, 0.1) is 4.61 Å². The van der Waals surface area contributed by atoms with E-state index in [0.29, 0.717) is 0 Å². The highest BCUT2D eigenvalue weighted by Gasteiger charge is 1.95. The average molecular weight is 239 g/mol. The van der Waals surface area contributed by atoms with Crippen molar-refractivity contribution in [2.75, 3.05) is 6.54 Å². The van der Waals surface area contributed by atoms with E-state index in [1.807, 2.05) is 6.08 Å². The molecule has 1 N–H and O–H groups in total. The smallest absolute Gasteiger partial charge is 0.0793 e. The highest BCUT2D eigenvalue weighted by Crippen LogP contribution is 2.14. The molecule has 0 aromatic carbocycles. The van der Waals surface area contributed by atoms with Gasteiger partial charge in [0.25, 0.3) is 0 Å². The minimum absolute atomic E-state index is 0.900. The molecule has 0 spiro atoms. The quantitative estimate of drug-likeness (QED) is 0.638. The van der Waals surface area contributed by atoms with Gasteiger partial charge in [0, 0.05) is 11.0 Å². The third kappa shape index (κ3) is 1.63. The molecule has 1 aliphatic heterocycles. The molecule has 0 bridgehead atoms. The third-order valence-electron chi connectivity index (χ3n) is 0.833. The molecule has 0 unspecified atom stereocenters.